The molecule has 1 aromatic carbocycles. The van der Waals surface area contributed by atoms with Crippen LogP contribution in [0.4, 0.5) is 0 Å². The number of benzene rings is 1. The molecule has 2 amide bonds. The van der Waals surface area contributed by atoms with Gasteiger partial charge < -0.3 is 15.3 Å². The molecule has 2 N–H and O–H groups in total. The van der Waals surface area contributed by atoms with Gasteiger partial charge in [-0.05, 0) is 36.6 Å². The second-order valence-corrected chi connectivity index (χ2v) is 6.41. The summed E-state index contributed by atoms with van der Waals surface area (Å²) in [5, 5.41) is 13.4. The SMILES string of the molecule is O=Cc1ccccc1C(=O)N[C@@H](C(=O)N1CCCC1)[C@@H](O)c1ccncc1. The number of carbonyl (C=O) groups is 3. The zero-order valence-corrected chi connectivity index (χ0v) is 14.7. The lowest BCUT2D eigenvalue weighted by molar-refractivity contribution is -0.135. The van der Waals surface area contributed by atoms with E-state index in [0.717, 1.165) is 12.8 Å². The fraction of sp³-hybridized carbons (Fsp3) is 0.300. The normalized spacial score (nSPS) is 15.8. The standard InChI is InChI=1S/C20H21N3O4/c24-13-15-5-1-2-6-16(15)19(26)22-17(20(27)23-11-3-4-12-23)18(25)14-7-9-21-10-8-14/h1-2,5-10,13,17-18,25H,3-4,11-12H2,(H,22,26)/t17-,18+/m1/s1. The van der Waals surface area contributed by atoms with E-state index in [4.69, 9.17) is 0 Å². The summed E-state index contributed by atoms with van der Waals surface area (Å²) >= 11 is 0. The molecule has 1 saturated heterocycles. The van der Waals surface area contributed by atoms with Gasteiger partial charge in [0.05, 0.1) is 0 Å². The van der Waals surface area contributed by atoms with Crippen LogP contribution in [0.3, 0.4) is 0 Å². The molecule has 0 unspecified atom stereocenters. The van der Waals surface area contributed by atoms with Crippen molar-refractivity contribution in [1.29, 1.82) is 0 Å². The third kappa shape index (κ3) is 4.20. The maximum Gasteiger partial charge on any atom is 0.252 e. The van der Waals surface area contributed by atoms with Crippen LogP contribution in [0, 0.1) is 0 Å². The molecule has 2 heterocycles. The first-order valence-corrected chi connectivity index (χ1v) is 8.83. The first-order valence-electron chi connectivity index (χ1n) is 8.83. The van der Waals surface area contributed by atoms with Crippen molar-refractivity contribution >= 4 is 18.1 Å². The Kier molecular flexibility index (Phi) is 5.93. The molecule has 0 spiro atoms. The van der Waals surface area contributed by atoms with Crippen LogP contribution in [0.1, 0.15) is 45.2 Å². The molecular weight excluding hydrogens is 346 g/mol. The second kappa shape index (κ2) is 8.55. The van der Waals surface area contributed by atoms with Gasteiger partial charge in [0.15, 0.2) is 6.29 Å². The molecule has 1 aliphatic rings. The first kappa shape index (κ1) is 18.7. The molecule has 1 aliphatic heterocycles. The quantitative estimate of drug-likeness (QED) is 0.751. The molecule has 27 heavy (non-hydrogen) atoms. The minimum absolute atomic E-state index is 0.161. The van der Waals surface area contributed by atoms with Crippen molar-refractivity contribution in [2.45, 2.75) is 25.0 Å². The van der Waals surface area contributed by atoms with Gasteiger partial charge in [0.1, 0.15) is 12.1 Å². The fourth-order valence-corrected chi connectivity index (χ4v) is 3.19. The minimum atomic E-state index is -1.23. The molecule has 1 aromatic heterocycles. The summed E-state index contributed by atoms with van der Waals surface area (Å²) in [7, 11) is 0. The zero-order chi connectivity index (χ0) is 19.2. The number of amides is 2. The van der Waals surface area contributed by atoms with Crippen LogP contribution in [0.2, 0.25) is 0 Å². The highest BCUT2D eigenvalue weighted by Crippen LogP contribution is 2.21. The molecule has 7 nitrogen and oxygen atoms in total. The van der Waals surface area contributed by atoms with Crippen LogP contribution < -0.4 is 5.32 Å². The van der Waals surface area contributed by atoms with Crippen LogP contribution in [0.25, 0.3) is 0 Å². The number of carbonyl (C=O) groups excluding carboxylic acids is 3. The largest absolute Gasteiger partial charge is 0.386 e. The summed E-state index contributed by atoms with van der Waals surface area (Å²) in [5.74, 6) is -0.919. The molecule has 0 aliphatic carbocycles. The average molecular weight is 367 g/mol. The van der Waals surface area contributed by atoms with Crippen molar-refractivity contribution < 1.29 is 19.5 Å². The van der Waals surface area contributed by atoms with Gasteiger partial charge in [-0.15, -0.1) is 0 Å². The molecule has 0 saturated carbocycles. The van der Waals surface area contributed by atoms with Crippen molar-refractivity contribution in [2.24, 2.45) is 0 Å². The Morgan fingerprint density at radius 1 is 1.11 bits per heavy atom. The highest BCUT2D eigenvalue weighted by molar-refractivity contribution is 6.03. The van der Waals surface area contributed by atoms with Gasteiger partial charge in [0.25, 0.3) is 5.91 Å². The number of hydrogen-bond donors (Lipinski definition) is 2. The number of aromatic nitrogens is 1. The molecular formula is C20H21N3O4. The molecule has 3 rings (SSSR count). The number of nitrogens with zero attached hydrogens (tertiary/aromatic N) is 2. The summed E-state index contributed by atoms with van der Waals surface area (Å²) in [4.78, 5) is 42.4. The molecule has 1 fully saturated rings. The van der Waals surface area contributed by atoms with Crippen LogP contribution in [0.15, 0.2) is 48.8 Å². The van der Waals surface area contributed by atoms with E-state index in [1.165, 1.54) is 24.5 Å². The Hall–Kier alpha value is -3.06. The number of pyridine rings is 1. The van der Waals surface area contributed by atoms with Crippen LogP contribution >= 0.6 is 0 Å². The molecule has 0 radical (unpaired) electrons. The van der Waals surface area contributed by atoms with Crippen molar-refractivity contribution in [3.8, 4) is 0 Å². The van der Waals surface area contributed by atoms with E-state index in [0.29, 0.717) is 24.9 Å². The lowest BCUT2D eigenvalue weighted by Crippen LogP contribution is -2.51. The van der Waals surface area contributed by atoms with E-state index in [1.807, 2.05) is 0 Å². The number of aliphatic hydroxyl groups is 1. The Bertz CT molecular complexity index is 819. The van der Waals surface area contributed by atoms with E-state index in [1.54, 1.807) is 29.2 Å². The minimum Gasteiger partial charge on any atom is -0.386 e. The molecule has 7 heteroatoms. The Morgan fingerprint density at radius 2 is 1.78 bits per heavy atom. The monoisotopic (exact) mass is 367 g/mol. The van der Waals surface area contributed by atoms with Crippen LogP contribution in [0.5, 0.6) is 0 Å². The van der Waals surface area contributed by atoms with Crippen LogP contribution in [-0.4, -0.2) is 52.2 Å². The Labute approximate surface area is 157 Å². The van der Waals surface area contributed by atoms with E-state index < -0.39 is 18.1 Å². The Morgan fingerprint density at radius 3 is 2.44 bits per heavy atom. The van der Waals surface area contributed by atoms with E-state index in [2.05, 4.69) is 10.3 Å². The summed E-state index contributed by atoms with van der Waals surface area (Å²) in [6.07, 6.45) is 4.18. The van der Waals surface area contributed by atoms with Crippen molar-refractivity contribution in [3.05, 3.63) is 65.5 Å². The highest BCUT2D eigenvalue weighted by atomic mass is 16.3. The number of hydrogen-bond acceptors (Lipinski definition) is 5. The van der Waals surface area contributed by atoms with E-state index >= 15 is 0 Å². The molecule has 2 atom stereocenters. The summed E-state index contributed by atoms with van der Waals surface area (Å²) in [6, 6.07) is 8.37. The van der Waals surface area contributed by atoms with E-state index in [9.17, 15) is 19.5 Å². The number of nitrogens with one attached hydrogen (secondary N) is 1. The third-order valence-corrected chi connectivity index (χ3v) is 4.67. The molecule has 0 bridgehead atoms. The lowest BCUT2D eigenvalue weighted by atomic mass is 10.0. The highest BCUT2D eigenvalue weighted by Gasteiger charge is 2.34. The van der Waals surface area contributed by atoms with Gasteiger partial charge in [-0.2, -0.15) is 0 Å². The first-order chi connectivity index (χ1) is 13.1. The predicted octanol–water partition coefficient (Wildman–Crippen LogP) is 1.35. The van der Waals surface area contributed by atoms with Crippen molar-refractivity contribution in [3.63, 3.8) is 0 Å². The number of rotatable bonds is 6. The molecule has 2 aromatic rings. The maximum atomic E-state index is 12.9. The third-order valence-electron chi connectivity index (χ3n) is 4.67. The van der Waals surface area contributed by atoms with Gasteiger partial charge in [0, 0.05) is 36.6 Å². The van der Waals surface area contributed by atoms with Crippen molar-refractivity contribution in [2.75, 3.05) is 13.1 Å². The van der Waals surface area contributed by atoms with Crippen LogP contribution in [-0.2, 0) is 4.79 Å². The average Bonchev–Trinajstić information content (AvgIpc) is 3.26. The molecule has 140 valence electrons. The summed E-state index contributed by atoms with van der Waals surface area (Å²) in [5.41, 5.74) is 0.862. The number of aliphatic hydroxyl groups excluding tert-OH is 1. The summed E-state index contributed by atoms with van der Waals surface area (Å²) < 4.78 is 0. The van der Waals surface area contributed by atoms with Crippen molar-refractivity contribution in [1.82, 2.24) is 15.2 Å². The van der Waals surface area contributed by atoms with Gasteiger partial charge in [0.2, 0.25) is 5.91 Å². The predicted molar refractivity (Wildman–Crippen MR) is 98.1 cm³/mol. The Balaban J connectivity index is 1.88. The van der Waals surface area contributed by atoms with Gasteiger partial charge in [-0.3, -0.25) is 19.4 Å². The lowest BCUT2D eigenvalue weighted by Gasteiger charge is -2.28. The fourth-order valence-electron chi connectivity index (χ4n) is 3.19. The topological polar surface area (TPSA) is 99.6 Å². The van der Waals surface area contributed by atoms with E-state index in [-0.39, 0.29) is 17.0 Å². The van der Waals surface area contributed by atoms with Gasteiger partial charge in [-0.25, -0.2) is 0 Å². The van der Waals surface area contributed by atoms with Gasteiger partial charge in [-0.1, -0.05) is 18.2 Å². The zero-order valence-electron chi connectivity index (χ0n) is 14.7. The summed E-state index contributed by atoms with van der Waals surface area (Å²) in [6.45, 7) is 1.19. The number of aldehydes is 1. The number of likely N-dealkylation sites (tertiary alicyclic amines) is 1. The maximum absolute atomic E-state index is 12.9. The van der Waals surface area contributed by atoms with Gasteiger partial charge >= 0.3 is 0 Å². The second-order valence-electron chi connectivity index (χ2n) is 6.41. The smallest absolute Gasteiger partial charge is 0.252 e.